The number of anilines is 1. The molecule has 1 heterocycles. The maximum Gasteiger partial charge on any atom is 0.249 e. The molecule has 0 fully saturated rings. The molecule has 2 amide bonds. The third kappa shape index (κ3) is 5.49. The van der Waals surface area contributed by atoms with Gasteiger partial charge in [-0.3, -0.25) is 14.5 Å². The standard InChI is InChI=1S/C26H26FN5O4/c1-35-15-14-28-26(34)25(18-6-5-7-21(16-18)36-2)32(20-12-10-19(27)11-13-20)24(33)17-31-23-9-4-3-8-22(23)29-30-31/h3-13,16,25H,14-15,17H2,1-2H3,(H,28,34). The van der Waals surface area contributed by atoms with Crippen LogP contribution in [0.1, 0.15) is 11.6 Å². The number of ether oxygens (including phenoxy) is 2. The van der Waals surface area contributed by atoms with Gasteiger partial charge in [0, 0.05) is 19.3 Å². The van der Waals surface area contributed by atoms with Crippen molar-refractivity contribution in [1.29, 1.82) is 0 Å². The lowest BCUT2D eigenvalue weighted by Crippen LogP contribution is -2.46. The molecule has 4 aromatic rings. The Morgan fingerprint density at radius 1 is 1.06 bits per heavy atom. The molecule has 1 aromatic heterocycles. The number of amides is 2. The lowest BCUT2D eigenvalue weighted by atomic mass is 10.0. The van der Waals surface area contributed by atoms with Gasteiger partial charge in [-0.15, -0.1) is 5.10 Å². The first-order valence-corrected chi connectivity index (χ1v) is 11.3. The first-order valence-electron chi connectivity index (χ1n) is 11.3. The summed E-state index contributed by atoms with van der Waals surface area (Å²) in [5.41, 5.74) is 2.18. The molecule has 10 heteroatoms. The van der Waals surface area contributed by atoms with Crippen molar-refractivity contribution in [3.8, 4) is 5.75 Å². The van der Waals surface area contributed by atoms with Crippen LogP contribution in [0.3, 0.4) is 0 Å². The summed E-state index contributed by atoms with van der Waals surface area (Å²) in [5, 5.41) is 11.0. The van der Waals surface area contributed by atoms with Gasteiger partial charge in [0.15, 0.2) is 0 Å². The largest absolute Gasteiger partial charge is 0.497 e. The quantitative estimate of drug-likeness (QED) is 0.342. The van der Waals surface area contributed by atoms with E-state index in [-0.39, 0.29) is 13.1 Å². The Kier molecular flexibility index (Phi) is 7.86. The summed E-state index contributed by atoms with van der Waals surface area (Å²) in [6, 6.07) is 18.5. The molecule has 4 rings (SSSR count). The Morgan fingerprint density at radius 3 is 2.58 bits per heavy atom. The molecule has 1 unspecified atom stereocenters. The number of hydrogen-bond donors (Lipinski definition) is 1. The van der Waals surface area contributed by atoms with Crippen LogP contribution in [-0.4, -0.2) is 54.2 Å². The van der Waals surface area contributed by atoms with Gasteiger partial charge in [-0.05, 0) is 54.1 Å². The fraction of sp³-hybridized carbons (Fsp3) is 0.231. The zero-order valence-electron chi connectivity index (χ0n) is 19.9. The minimum absolute atomic E-state index is 0.191. The van der Waals surface area contributed by atoms with Crippen molar-refractivity contribution in [2.24, 2.45) is 0 Å². The summed E-state index contributed by atoms with van der Waals surface area (Å²) in [4.78, 5) is 28.7. The van der Waals surface area contributed by atoms with Crippen LogP contribution in [0.15, 0.2) is 72.8 Å². The number of methoxy groups -OCH3 is 2. The molecule has 1 N–H and O–H groups in total. The molecule has 186 valence electrons. The first kappa shape index (κ1) is 24.8. The Labute approximate surface area is 207 Å². The molecule has 0 radical (unpaired) electrons. The van der Waals surface area contributed by atoms with Crippen molar-refractivity contribution >= 4 is 28.5 Å². The van der Waals surface area contributed by atoms with Crippen LogP contribution >= 0.6 is 0 Å². The fourth-order valence-corrected chi connectivity index (χ4v) is 3.88. The monoisotopic (exact) mass is 491 g/mol. The van der Waals surface area contributed by atoms with Crippen molar-refractivity contribution in [2.45, 2.75) is 12.6 Å². The molecule has 36 heavy (non-hydrogen) atoms. The molecule has 0 saturated carbocycles. The number of carbonyl (C=O) groups is 2. The van der Waals surface area contributed by atoms with Gasteiger partial charge in [-0.1, -0.05) is 29.5 Å². The van der Waals surface area contributed by atoms with Gasteiger partial charge >= 0.3 is 0 Å². The van der Waals surface area contributed by atoms with Crippen LogP contribution in [0, 0.1) is 5.82 Å². The van der Waals surface area contributed by atoms with Crippen LogP contribution in [0.4, 0.5) is 10.1 Å². The Balaban J connectivity index is 1.78. The lowest BCUT2D eigenvalue weighted by Gasteiger charge is -2.31. The van der Waals surface area contributed by atoms with Gasteiger partial charge in [-0.25, -0.2) is 9.07 Å². The molecule has 0 spiro atoms. The molecular weight excluding hydrogens is 465 g/mol. The fourth-order valence-electron chi connectivity index (χ4n) is 3.88. The maximum atomic E-state index is 13.9. The smallest absolute Gasteiger partial charge is 0.249 e. The first-order chi connectivity index (χ1) is 17.5. The highest BCUT2D eigenvalue weighted by molar-refractivity contribution is 6.01. The van der Waals surface area contributed by atoms with Gasteiger partial charge < -0.3 is 14.8 Å². The normalized spacial score (nSPS) is 11.8. The SMILES string of the molecule is COCCNC(=O)C(c1cccc(OC)c1)N(C(=O)Cn1nnc2ccccc21)c1ccc(F)cc1. The molecule has 0 aliphatic rings. The van der Waals surface area contributed by atoms with Gasteiger partial charge in [-0.2, -0.15) is 0 Å². The topological polar surface area (TPSA) is 98.6 Å². The second-order valence-electron chi connectivity index (χ2n) is 7.94. The van der Waals surface area contributed by atoms with E-state index in [9.17, 15) is 14.0 Å². The molecule has 3 aromatic carbocycles. The Hall–Kier alpha value is -4.31. The van der Waals surface area contributed by atoms with E-state index in [0.717, 1.165) is 0 Å². The van der Waals surface area contributed by atoms with Crippen molar-refractivity contribution in [3.05, 3.63) is 84.2 Å². The minimum Gasteiger partial charge on any atom is -0.497 e. The van der Waals surface area contributed by atoms with E-state index in [0.29, 0.717) is 34.6 Å². The Morgan fingerprint density at radius 2 is 1.83 bits per heavy atom. The molecule has 0 aliphatic carbocycles. The van der Waals surface area contributed by atoms with E-state index in [1.165, 1.54) is 48.1 Å². The summed E-state index contributed by atoms with van der Waals surface area (Å²) >= 11 is 0. The van der Waals surface area contributed by atoms with Crippen LogP contribution in [0.5, 0.6) is 5.75 Å². The van der Waals surface area contributed by atoms with E-state index < -0.39 is 23.7 Å². The molecule has 0 saturated heterocycles. The maximum absolute atomic E-state index is 13.9. The lowest BCUT2D eigenvalue weighted by molar-refractivity contribution is -0.127. The Bertz CT molecular complexity index is 1340. The number of hydrogen-bond acceptors (Lipinski definition) is 6. The predicted octanol–water partition coefficient (Wildman–Crippen LogP) is 3.12. The van der Waals surface area contributed by atoms with Crippen LogP contribution < -0.4 is 15.0 Å². The van der Waals surface area contributed by atoms with Crippen molar-refractivity contribution in [2.75, 3.05) is 32.3 Å². The van der Waals surface area contributed by atoms with Crippen LogP contribution in [0.25, 0.3) is 11.0 Å². The summed E-state index contributed by atoms with van der Waals surface area (Å²) in [6.07, 6.45) is 0. The number of halogens is 1. The summed E-state index contributed by atoms with van der Waals surface area (Å²) in [6.45, 7) is 0.352. The van der Waals surface area contributed by atoms with Crippen molar-refractivity contribution < 1.29 is 23.5 Å². The van der Waals surface area contributed by atoms with E-state index in [1.54, 1.807) is 30.3 Å². The summed E-state index contributed by atoms with van der Waals surface area (Å²) in [5.74, 6) is -0.805. The van der Waals surface area contributed by atoms with E-state index in [4.69, 9.17) is 9.47 Å². The van der Waals surface area contributed by atoms with Gasteiger partial charge in [0.25, 0.3) is 0 Å². The average molecular weight is 492 g/mol. The minimum atomic E-state index is -1.08. The van der Waals surface area contributed by atoms with Crippen molar-refractivity contribution in [3.63, 3.8) is 0 Å². The molecular formula is C26H26FN5O4. The third-order valence-corrected chi connectivity index (χ3v) is 5.60. The molecule has 0 aliphatic heterocycles. The zero-order chi connectivity index (χ0) is 25.5. The predicted molar refractivity (Wildman–Crippen MR) is 132 cm³/mol. The highest BCUT2D eigenvalue weighted by Gasteiger charge is 2.33. The van der Waals surface area contributed by atoms with E-state index in [1.807, 2.05) is 18.2 Å². The molecule has 0 bridgehead atoms. The second-order valence-corrected chi connectivity index (χ2v) is 7.94. The number of nitrogens with one attached hydrogen (secondary N) is 1. The number of nitrogens with zero attached hydrogens (tertiary/aromatic N) is 4. The average Bonchev–Trinajstić information content (AvgIpc) is 3.30. The third-order valence-electron chi connectivity index (χ3n) is 5.60. The number of fused-ring (bicyclic) bond motifs is 1. The van der Waals surface area contributed by atoms with Crippen LogP contribution in [0.2, 0.25) is 0 Å². The highest BCUT2D eigenvalue weighted by atomic mass is 19.1. The number of para-hydroxylation sites is 1. The van der Waals surface area contributed by atoms with E-state index in [2.05, 4.69) is 15.6 Å². The summed E-state index contributed by atoms with van der Waals surface area (Å²) in [7, 11) is 3.05. The highest BCUT2D eigenvalue weighted by Crippen LogP contribution is 2.30. The number of benzene rings is 3. The van der Waals surface area contributed by atoms with E-state index >= 15 is 0 Å². The van der Waals surface area contributed by atoms with Gasteiger partial charge in [0.1, 0.15) is 29.7 Å². The summed E-state index contributed by atoms with van der Waals surface area (Å²) < 4.78 is 25.7. The number of aromatic nitrogens is 3. The molecule has 1 atom stereocenters. The molecule has 9 nitrogen and oxygen atoms in total. The van der Waals surface area contributed by atoms with Gasteiger partial charge in [0.05, 0.1) is 19.2 Å². The zero-order valence-corrected chi connectivity index (χ0v) is 19.9. The van der Waals surface area contributed by atoms with Crippen molar-refractivity contribution in [1.82, 2.24) is 20.3 Å². The number of carbonyl (C=O) groups excluding carboxylic acids is 2. The van der Waals surface area contributed by atoms with Crippen LogP contribution in [-0.2, 0) is 20.9 Å². The number of rotatable bonds is 10. The second kappa shape index (κ2) is 11.4. The van der Waals surface area contributed by atoms with Gasteiger partial charge in [0.2, 0.25) is 11.8 Å².